The molecule has 0 bridgehead atoms. The molecule has 0 aliphatic rings. The van der Waals surface area contributed by atoms with Crippen LogP contribution in [0.2, 0.25) is 0 Å². The Hall–Kier alpha value is -0.160. The SMILES string of the molecule is CNC(c1cc(C)c(Br)s1)c1ccc(C)cc1Br. The van der Waals surface area contributed by atoms with E-state index in [-0.39, 0.29) is 6.04 Å². The molecular formula is C14H15Br2NS. The summed E-state index contributed by atoms with van der Waals surface area (Å²) >= 11 is 9.05. The van der Waals surface area contributed by atoms with Crippen LogP contribution >= 0.6 is 43.2 Å². The lowest BCUT2D eigenvalue weighted by Gasteiger charge is -2.17. The first-order chi connectivity index (χ1) is 8.52. The summed E-state index contributed by atoms with van der Waals surface area (Å²) in [5.74, 6) is 0. The van der Waals surface area contributed by atoms with Crippen LogP contribution in [0.3, 0.4) is 0 Å². The number of benzene rings is 1. The van der Waals surface area contributed by atoms with Gasteiger partial charge in [0.15, 0.2) is 0 Å². The van der Waals surface area contributed by atoms with Crippen LogP contribution in [0, 0.1) is 13.8 Å². The van der Waals surface area contributed by atoms with Crippen LogP contribution in [0.15, 0.2) is 32.5 Å². The second kappa shape index (κ2) is 5.87. The van der Waals surface area contributed by atoms with Gasteiger partial charge in [-0.1, -0.05) is 28.1 Å². The standard InChI is InChI=1S/C14H15Br2NS/c1-8-4-5-10(11(15)6-8)13(17-3)12-7-9(2)14(16)18-12/h4-7,13,17H,1-3H3. The van der Waals surface area contributed by atoms with Crippen molar-refractivity contribution in [1.82, 2.24) is 5.32 Å². The van der Waals surface area contributed by atoms with Crippen LogP contribution in [0.25, 0.3) is 0 Å². The first-order valence-electron chi connectivity index (χ1n) is 5.72. The smallest absolute Gasteiger partial charge is 0.0731 e. The molecule has 1 atom stereocenters. The lowest BCUT2D eigenvalue weighted by atomic mass is 10.0. The molecule has 1 heterocycles. The van der Waals surface area contributed by atoms with Crippen molar-refractivity contribution in [2.45, 2.75) is 19.9 Å². The third kappa shape index (κ3) is 2.87. The molecule has 1 N–H and O–H groups in total. The van der Waals surface area contributed by atoms with Gasteiger partial charge < -0.3 is 5.32 Å². The third-order valence-electron chi connectivity index (χ3n) is 2.92. The van der Waals surface area contributed by atoms with Gasteiger partial charge in [-0.2, -0.15) is 0 Å². The summed E-state index contributed by atoms with van der Waals surface area (Å²) in [7, 11) is 2.00. The molecule has 96 valence electrons. The quantitative estimate of drug-likeness (QED) is 0.761. The summed E-state index contributed by atoms with van der Waals surface area (Å²) in [6.07, 6.45) is 0. The molecule has 18 heavy (non-hydrogen) atoms. The minimum absolute atomic E-state index is 0.231. The Kier molecular flexibility index (Phi) is 4.64. The van der Waals surface area contributed by atoms with Gasteiger partial charge in [-0.15, -0.1) is 11.3 Å². The average Bonchev–Trinajstić information content (AvgIpc) is 2.63. The maximum Gasteiger partial charge on any atom is 0.0731 e. The van der Waals surface area contributed by atoms with Crippen LogP contribution < -0.4 is 5.32 Å². The van der Waals surface area contributed by atoms with Gasteiger partial charge in [-0.05, 0) is 65.6 Å². The lowest BCUT2D eigenvalue weighted by Crippen LogP contribution is -2.17. The fraction of sp³-hybridized carbons (Fsp3) is 0.286. The number of hydrogen-bond acceptors (Lipinski definition) is 2. The van der Waals surface area contributed by atoms with E-state index in [9.17, 15) is 0 Å². The van der Waals surface area contributed by atoms with E-state index >= 15 is 0 Å². The van der Waals surface area contributed by atoms with Gasteiger partial charge in [0.2, 0.25) is 0 Å². The van der Waals surface area contributed by atoms with Crippen molar-refractivity contribution < 1.29 is 0 Å². The molecule has 1 nitrogen and oxygen atoms in total. The molecule has 2 aromatic rings. The van der Waals surface area contributed by atoms with Gasteiger partial charge in [-0.25, -0.2) is 0 Å². The molecule has 0 radical (unpaired) electrons. The number of nitrogens with one attached hydrogen (secondary N) is 1. The van der Waals surface area contributed by atoms with Gasteiger partial charge in [0.1, 0.15) is 0 Å². The Morgan fingerprint density at radius 3 is 2.39 bits per heavy atom. The molecule has 2 rings (SSSR count). The third-order valence-corrected chi connectivity index (χ3v) is 5.80. The molecule has 0 fully saturated rings. The van der Waals surface area contributed by atoms with Crippen molar-refractivity contribution in [3.8, 4) is 0 Å². The van der Waals surface area contributed by atoms with E-state index < -0.39 is 0 Å². The zero-order chi connectivity index (χ0) is 13.3. The molecule has 1 aromatic heterocycles. The predicted octanol–water partition coefficient (Wildman–Crippen LogP) is 5.20. The number of rotatable bonds is 3. The van der Waals surface area contributed by atoms with E-state index in [0.717, 1.165) is 4.47 Å². The van der Waals surface area contributed by atoms with Crippen molar-refractivity contribution in [2.24, 2.45) is 0 Å². The Bertz CT molecular complexity index is 543. The molecule has 0 saturated heterocycles. The van der Waals surface area contributed by atoms with E-state index in [1.807, 2.05) is 7.05 Å². The highest BCUT2D eigenvalue weighted by atomic mass is 79.9. The molecule has 1 unspecified atom stereocenters. The van der Waals surface area contributed by atoms with Gasteiger partial charge in [0, 0.05) is 9.35 Å². The monoisotopic (exact) mass is 387 g/mol. The highest BCUT2D eigenvalue weighted by Crippen LogP contribution is 2.36. The first kappa shape index (κ1) is 14.3. The highest BCUT2D eigenvalue weighted by molar-refractivity contribution is 9.11. The number of halogens is 2. The molecule has 0 aliphatic heterocycles. The average molecular weight is 389 g/mol. The van der Waals surface area contributed by atoms with Crippen LogP contribution in [0.4, 0.5) is 0 Å². The zero-order valence-corrected chi connectivity index (χ0v) is 14.5. The Balaban J connectivity index is 2.45. The molecule has 4 heteroatoms. The largest absolute Gasteiger partial charge is 0.309 e. The summed E-state index contributed by atoms with van der Waals surface area (Å²) in [6, 6.07) is 8.97. The molecule has 0 aliphatic carbocycles. The summed E-state index contributed by atoms with van der Waals surface area (Å²) in [5, 5.41) is 3.40. The van der Waals surface area contributed by atoms with Gasteiger partial charge in [0.05, 0.1) is 9.83 Å². The lowest BCUT2D eigenvalue weighted by molar-refractivity contribution is 0.700. The Morgan fingerprint density at radius 2 is 1.89 bits per heavy atom. The van der Waals surface area contributed by atoms with E-state index in [1.165, 1.54) is 25.4 Å². The van der Waals surface area contributed by atoms with E-state index in [1.54, 1.807) is 11.3 Å². The van der Waals surface area contributed by atoms with Crippen molar-refractivity contribution in [3.63, 3.8) is 0 Å². The van der Waals surface area contributed by atoms with E-state index in [2.05, 4.69) is 75.3 Å². The van der Waals surface area contributed by atoms with Crippen molar-refractivity contribution >= 4 is 43.2 Å². The molecule has 0 saturated carbocycles. The maximum absolute atomic E-state index is 3.66. The van der Waals surface area contributed by atoms with Crippen molar-refractivity contribution in [1.29, 1.82) is 0 Å². The molecular weight excluding hydrogens is 374 g/mol. The van der Waals surface area contributed by atoms with Crippen LogP contribution in [0.1, 0.15) is 27.6 Å². The second-order valence-electron chi connectivity index (χ2n) is 4.35. The summed E-state index contributed by atoms with van der Waals surface area (Å²) in [5.41, 5.74) is 3.83. The molecule has 1 aromatic carbocycles. The molecule has 0 spiro atoms. The number of aryl methyl sites for hydroxylation is 2. The maximum atomic E-state index is 3.66. The van der Waals surface area contributed by atoms with Gasteiger partial charge in [-0.3, -0.25) is 0 Å². The van der Waals surface area contributed by atoms with E-state index in [4.69, 9.17) is 0 Å². The fourth-order valence-corrected chi connectivity index (χ4v) is 4.37. The van der Waals surface area contributed by atoms with E-state index in [0.29, 0.717) is 0 Å². The van der Waals surface area contributed by atoms with Crippen LogP contribution in [0.5, 0.6) is 0 Å². The second-order valence-corrected chi connectivity index (χ2v) is 7.61. The highest BCUT2D eigenvalue weighted by Gasteiger charge is 2.17. The Labute approximate surface area is 129 Å². The zero-order valence-electron chi connectivity index (χ0n) is 10.6. The summed E-state index contributed by atoms with van der Waals surface area (Å²) < 4.78 is 2.37. The van der Waals surface area contributed by atoms with Crippen molar-refractivity contribution in [3.05, 3.63) is 54.1 Å². The summed E-state index contributed by atoms with van der Waals surface area (Å²) in [4.78, 5) is 1.33. The minimum atomic E-state index is 0.231. The first-order valence-corrected chi connectivity index (χ1v) is 8.12. The minimum Gasteiger partial charge on any atom is -0.309 e. The van der Waals surface area contributed by atoms with Gasteiger partial charge in [0.25, 0.3) is 0 Å². The fourth-order valence-electron chi connectivity index (χ4n) is 1.94. The summed E-state index contributed by atoms with van der Waals surface area (Å²) in [6.45, 7) is 4.23. The Morgan fingerprint density at radius 1 is 1.17 bits per heavy atom. The topological polar surface area (TPSA) is 12.0 Å². The molecule has 0 amide bonds. The number of thiophene rings is 1. The number of hydrogen-bond donors (Lipinski definition) is 1. The van der Waals surface area contributed by atoms with Crippen LogP contribution in [-0.2, 0) is 0 Å². The van der Waals surface area contributed by atoms with Gasteiger partial charge >= 0.3 is 0 Å². The van der Waals surface area contributed by atoms with Crippen LogP contribution in [-0.4, -0.2) is 7.05 Å². The predicted molar refractivity (Wildman–Crippen MR) is 86.5 cm³/mol. The normalized spacial score (nSPS) is 12.7. The van der Waals surface area contributed by atoms with Crippen molar-refractivity contribution in [2.75, 3.05) is 7.05 Å².